The SMILES string of the molecule is COC(=O)c1ccc(Nc2cc(C)nn2-c2ccc3ccccc3n2)nn1. The van der Waals surface area contributed by atoms with Crippen molar-refractivity contribution in [1.82, 2.24) is 25.0 Å². The molecular formula is C19H16N6O2. The van der Waals surface area contributed by atoms with Crippen LogP contribution in [0, 0.1) is 6.92 Å². The molecule has 0 saturated heterocycles. The van der Waals surface area contributed by atoms with Crippen LogP contribution >= 0.6 is 0 Å². The lowest BCUT2D eigenvalue weighted by atomic mass is 10.2. The average Bonchev–Trinajstić information content (AvgIpc) is 3.07. The molecule has 0 aliphatic rings. The van der Waals surface area contributed by atoms with Crippen LogP contribution in [0.2, 0.25) is 0 Å². The van der Waals surface area contributed by atoms with Crippen LogP contribution in [0.15, 0.2) is 54.6 Å². The van der Waals surface area contributed by atoms with Crippen molar-refractivity contribution in [3.8, 4) is 5.82 Å². The first-order valence-electron chi connectivity index (χ1n) is 8.26. The van der Waals surface area contributed by atoms with Gasteiger partial charge in [-0.1, -0.05) is 18.2 Å². The second-order valence-corrected chi connectivity index (χ2v) is 5.87. The molecule has 0 amide bonds. The van der Waals surface area contributed by atoms with Crippen molar-refractivity contribution in [1.29, 1.82) is 0 Å². The highest BCUT2D eigenvalue weighted by atomic mass is 16.5. The van der Waals surface area contributed by atoms with Gasteiger partial charge in [0.15, 0.2) is 17.3 Å². The summed E-state index contributed by atoms with van der Waals surface area (Å²) in [7, 11) is 1.30. The van der Waals surface area contributed by atoms with E-state index in [4.69, 9.17) is 0 Å². The number of carbonyl (C=O) groups is 1. The Morgan fingerprint density at radius 1 is 1.07 bits per heavy atom. The molecule has 0 aliphatic heterocycles. The number of aromatic nitrogens is 5. The second kappa shape index (κ2) is 6.83. The van der Waals surface area contributed by atoms with E-state index in [9.17, 15) is 4.79 Å². The van der Waals surface area contributed by atoms with E-state index in [0.717, 1.165) is 16.6 Å². The van der Waals surface area contributed by atoms with Crippen LogP contribution in [-0.4, -0.2) is 38.0 Å². The molecule has 0 unspecified atom stereocenters. The Morgan fingerprint density at radius 2 is 1.93 bits per heavy atom. The second-order valence-electron chi connectivity index (χ2n) is 5.87. The van der Waals surface area contributed by atoms with Crippen LogP contribution in [0.4, 0.5) is 11.6 Å². The maximum atomic E-state index is 11.5. The number of benzene rings is 1. The number of hydrogen-bond acceptors (Lipinski definition) is 7. The molecule has 0 spiro atoms. The minimum atomic E-state index is -0.532. The van der Waals surface area contributed by atoms with E-state index < -0.39 is 5.97 Å². The molecular weight excluding hydrogens is 344 g/mol. The van der Waals surface area contributed by atoms with Crippen LogP contribution in [0.1, 0.15) is 16.2 Å². The van der Waals surface area contributed by atoms with E-state index in [0.29, 0.717) is 17.5 Å². The summed E-state index contributed by atoms with van der Waals surface area (Å²) in [6, 6.07) is 16.9. The first kappa shape index (κ1) is 16.6. The number of nitrogens with zero attached hydrogens (tertiary/aromatic N) is 5. The van der Waals surface area contributed by atoms with E-state index in [1.807, 2.05) is 49.4 Å². The van der Waals surface area contributed by atoms with Crippen molar-refractivity contribution in [3.63, 3.8) is 0 Å². The Morgan fingerprint density at radius 3 is 2.70 bits per heavy atom. The maximum Gasteiger partial charge on any atom is 0.358 e. The molecule has 0 aliphatic carbocycles. The molecule has 1 N–H and O–H groups in total. The number of aryl methyl sites for hydroxylation is 1. The van der Waals surface area contributed by atoms with Gasteiger partial charge in [0.05, 0.1) is 18.3 Å². The predicted octanol–water partition coefficient (Wildman–Crippen LogP) is 3.05. The molecule has 1 aromatic carbocycles. The largest absolute Gasteiger partial charge is 0.464 e. The van der Waals surface area contributed by atoms with Crippen LogP contribution in [0.3, 0.4) is 0 Å². The normalized spacial score (nSPS) is 10.7. The van der Waals surface area contributed by atoms with E-state index in [1.165, 1.54) is 7.11 Å². The lowest BCUT2D eigenvalue weighted by Crippen LogP contribution is -2.08. The van der Waals surface area contributed by atoms with Crippen molar-refractivity contribution < 1.29 is 9.53 Å². The zero-order valence-corrected chi connectivity index (χ0v) is 14.7. The van der Waals surface area contributed by atoms with E-state index in [1.54, 1.807) is 16.8 Å². The van der Waals surface area contributed by atoms with E-state index >= 15 is 0 Å². The minimum Gasteiger partial charge on any atom is -0.464 e. The third-order valence-electron chi connectivity index (χ3n) is 3.95. The lowest BCUT2D eigenvalue weighted by molar-refractivity contribution is 0.0593. The number of hydrogen-bond donors (Lipinski definition) is 1. The van der Waals surface area contributed by atoms with Gasteiger partial charge < -0.3 is 10.1 Å². The summed E-state index contributed by atoms with van der Waals surface area (Å²) >= 11 is 0. The summed E-state index contributed by atoms with van der Waals surface area (Å²) in [5.41, 5.74) is 1.85. The van der Waals surface area contributed by atoms with Crippen LogP contribution < -0.4 is 5.32 Å². The van der Waals surface area contributed by atoms with Gasteiger partial charge in [-0.2, -0.15) is 9.78 Å². The number of ether oxygens (including phenoxy) is 1. The first-order valence-corrected chi connectivity index (χ1v) is 8.26. The Hall–Kier alpha value is -3.81. The Labute approximate surface area is 154 Å². The highest BCUT2D eigenvalue weighted by Gasteiger charge is 2.12. The van der Waals surface area contributed by atoms with Crippen molar-refractivity contribution in [3.05, 3.63) is 66.0 Å². The minimum absolute atomic E-state index is 0.143. The lowest BCUT2D eigenvalue weighted by Gasteiger charge is -2.09. The van der Waals surface area contributed by atoms with Gasteiger partial charge in [-0.25, -0.2) is 9.78 Å². The fourth-order valence-electron chi connectivity index (χ4n) is 2.68. The molecule has 27 heavy (non-hydrogen) atoms. The van der Waals surface area contributed by atoms with Crippen molar-refractivity contribution in [2.24, 2.45) is 0 Å². The van der Waals surface area contributed by atoms with Gasteiger partial charge in [-0.15, -0.1) is 10.2 Å². The van der Waals surface area contributed by atoms with E-state index in [2.05, 4.69) is 30.3 Å². The highest BCUT2D eigenvalue weighted by molar-refractivity contribution is 5.87. The summed E-state index contributed by atoms with van der Waals surface area (Å²) in [5.74, 6) is 1.32. The summed E-state index contributed by atoms with van der Waals surface area (Å²) in [6.45, 7) is 1.90. The van der Waals surface area contributed by atoms with Crippen molar-refractivity contribution >= 4 is 28.5 Å². The molecule has 134 valence electrons. The van der Waals surface area contributed by atoms with Crippen LogP contribution in [0.25, 0.3) is 16.7 Å². The van der Waals surface area contributed by atoms with Gasteiger partial charge in [-0.3, -0.25) is 0 Å². The number of nitrogens with one attached hydrogen (secondary N) is 1. The van der Waals surface area contributed by atoms with Crippen molar-refractivity contribution in [2.45, 2.75) is 6.92 Å². The van der Waals surface area contributed by atoms with Gasteiger partial charge in [0.25, 0.3) is 0 Å². The number of fused-ring (bicyclic) bond motifs is 1. The Balaban J connectivity index is 1.67. The number of para-hydroxylation sites is 1. The van der Waals surface area contributed by atoms with Gasteiger partial charge in [0.1, 0.15) is 5.82 Å². The number of rotatable bonds is 4. The molecule has 0 bridgehead atoms. The standard InChI is InChI=1S/C19H16N6O2/c1-12-11-18(21-16-9-8-15(22-23-16)19(26)27-2)25(24-12)17-10-7-13-5-3-4-6-14(13)20-17/h3-11H,1-2H3,(H,21,23). The maximum absolute atomic E-state index is 11.5. The molecule has 0 saturated carbocycles. The monoisotopic (exact) mass is 360 g/mol. The van der Waals surface area contributed by atoms with Gasteiger partial charge in [0.2, 0.25) is 0 Å². The third-order valence-corrected chi connectivity index (χ3v) is 3.95. The van der Waals surface area contributed by atoms with Gasteiger partial charge in [0, 0.05) is 11.5 Å². The first-order chi connectivity index (χ1) is 13.1. The molecule has 3 heterocycles. The summed E-state index contributed by atoms with van der Waals surface area (Å²) < 4.78 is 6.33. The number of anilines is 2. The number of methoxy groups -OCH3 is 1. The molecule has 3 aromatic heterocycles. The summed E-state index contributed by atoms with van der Waals surface area (Å²) in [4.78, 5) is 16.1. The number of carbonyl (C=O) groups excluding carboxylic acids is 1. The van der Waals surface area contributed by atoms with Crippen LogP contribution in [0.5, 0.6) is 0 Å². The van der Waals surface area contributed by atoms with E-state index in [-0.39, 0.29) is 5.69 Å². The van der Waals surface area contributed by atoms with Crippen molar-refractivity contribution in [2.75, 3.05) is 12.4 Å². The molecule has 4 rings (SSSR count). The zero-order chi connectivity index (χ0) is 18.8. The summed E-state index contributed by atoms with van der Waals surface area (Å²) in [6.07, 6.45) is 0. The van der Waals surface area contributed by atoms with Gasteiger partial charge >= 0.3 is 5.97 Å². The third kappa shape index (κ3) is 3.32. The molecule has 0 atom stereocenters. The molecule has 0 radical (unpaired) electrons. The smallest absolute Gasteiger partial charge is 0.358 e. The molecule has 0 fully saturated rings. The number of pyridine rings is 1. The topological polar surface area (TPSA) is 94.8 Å². The molecule has 8 heteroatoms. The quantitative estimate of drug-likeness (QED) is 0.559. The Kier molecular flexibility index (Phi) is 4.21. The molecule has 4 aromatic rings. The fourth-order valence-corrected chi connectivity index (χ4v) is 2.68. The number of esters is 1. The summed E-state index contributed by atoms with van der Waals surface area (Å²) in [5, 5.41) is 16.6. The Bertz CT molecular complexity index is 1120. The zero-order valence-electron chi connectivity index (χ0n) is 14.7. The molecule has 8 nitrogen and oxygen atoms in total. The fraction of sp³-hybridized carbons (Fsp3) is 0.105. The average molecular weight is 360 g/mol. The van der Waals surface area contributed by atoms with Gasteiger partial charge in [-0.05, 0) is 37.3 Å². The highest BCUT2D eigenvalue weighted by Crippen LogP contribution is 2.21. The predicted molar refractivity (Wildman–Crippen MR) is 100 cm³/mol. The van der Waals surface area contributed by atoms with Crippen LogP contribution in [-0.2, 0) is 4.74 Å².